The van der Waals surface area contributed by atoms with Crippen LogP contribution in [0.3, 0.4) is 0 Å². The highest BCUT2D eigenvalue weighted by Crippen LogP contribution is 2.29. The van der Waals surface area contributed by atoms with Crippen LogP contribution in [-0.4, -0.2) is 33.5 Å². The molecule has 6 nitrogen and oxygen atoms in total. The van der Waals surface area contributed by atoms with Crippen molar-refractivity contribution in [1.29, 1.82) is 0 Å². The first kappa shape index (κ1) is 25.2. The first-order valence-electron chi connectivity index (χ1n) is 12.6. The van der Waals surface area contributed by atoms with Gasteiger partial charge in [0.05, 0.1) is 29.2 Å². The van der Waals surface area contributed by atoms with Crippen LogP contribution < -0.4 is 10.3 Å². The maximum atomic E-state index is 13.8. The van der Waals surface area contributed by atoms with Crippen LogP contribution in [0.2, 0.25) is 0 Å². The van der Waals surface area contributed by atoms with Gasteiger partial charge in [0.15, 0.2) is 0 Å². The van der Waals surface area contributed by atoms with Gasteiger partial charge in [-0.3, -0.25) is 14.2 Å². The van der Waals surface area contributed by atoms with Gasteiger partial charge in [-0.1, -0.05) is 44.2 Å². The van der Waals surface area contributed by atoms with Crippen molar-refractivity contribution >= 4 is 16.8 Å². The van der Waals surface area contributed by atoms with Crippen LogP contribution in [0.15, 0.2) is 77.6 Å². The molecule has 0 aliphatic heterocycles. The van der Waals surface area contributed by atoms with Crippen molar-refractivity contribution in [3.05, 3.63) is 100 Å². The minimum Gasteiger partial charge on any atom is -0.494 e. The summed E-state index contributed by atoms with van der Waals surface area (Å²) in [6, 6.07) is 22.0. The SMILES string of the molecule is CCCN(C(=O)c1ccccc1C)C(CC)c1nc2ccccc2c(=O)n1-c1ccc(OCC)cc1. The van der Waals surface area contributed by atoms with Gasteiger partial charge in [0, 0.05) is 12.1 Å². The second kappa shape index (κ2) is 11.2. The molecule has 1 heterocycles. The summed E-state index contributed by atoms with van der Waals surface area (Å²) in [4.78, 5) is 34.5. The van der Waals surface area contributed by atoms with E-state index < -0.39 is 0 Å². The van der Waals surface area contributed by atoms with Crippen molar-refractivity contribution in [1.82, 2.24) is 14.5 Å². The van der Waals surface area contributed by atoms with Gasteiger partial charge in [-0.2, -0.15) is 0 Å². The third-order valence-electron chi connectivity index (χ3n) is 6.37. The summed E-state index contributed by atoms with van der Waals surface area (Å²) in [5.41, 5.74) is 2.75. The van der Waals surface area contributed by atoms with Gasteiger partial charge in [0.25, 0.3) is 11.5 Å². The first-order chi connectivity index (χ1) is 17.5. The van der Waals surface area contributed by atoms with E-state index in [2.05, 4.69) is 6.92 Å². The van der Waals surface area contributed by atoms with E-state index in [1.54, 1.807) is 10.6 Å². The zero-order chi connectivity index (χ0) is 25.7. The molecular formula is C30H33N3O3. The molecule has 1 amide bonds. The van der Waals surface area contributed by atoms with Gasteiger partial charge in [0.1, 0.15) is 11.6 Å². The van der Waals surface area contributed by atoms with Crippen LogP contribution in [0.4, 0.5) is 0 Å². The monoisotopic (exact) mass is 483 g/mol. The zero-order valence-corrected chi connectivity index (χ0v) is 21.4. The van der Waals surface area contributed by atoms with Crippen molar-refractivity contribution < 1.29 is 9.53 Å². The predicted octanol–water partition coefficient (Wildman–Crippen LogP) is 6.10. The van der Waals surface area contributed by atoms with E-state index >= 15 is 0 Å². The van der Waals surface area contributed by atoms with Gasteiger partial charge in [-0.05, 0) is 74.7 Å². The van der Waals surface area contributed by atoms with E-state index in [-0.39, 0.29) is 17.5 Å². The Kier molecular flexibility index (Phi) is 7.84. The lowest BCUT2D eigenvalue weighted by molar-refractivity contribution is 0.0658. The fourth-order valence-corrected chi connectivity index (χ4v) is 4.63. The molecule has 0 bridgehead atoms. The van der Waals surface area contributed by atoms with Crippen molar-refractivity contribution in [3.8, 4) is 11.4 Å². The molecule has 6 heteroatoms. The number of benzene rings is 3. The number of aromatic nitrogens is 2. The lowest BCUT2D eigenvalue weighted by atomic mass is 10.0. The molecule has 1 atom stereocenters. The van der Waals surface area contributed by atoms with Crippen LogP contribution in [0.25, 0.3) is 16.6 Å². The number of carbonyl (C=O) groups is 1. The average molecular weight is 484 g/mol. The Hall–Kier alpha value is -3.93. The minimum atomic E-state index is -0.388. The average Bonchev–Trinajstić information content (AvgIpc) is 2.89. The van der Waals surface area contributed by atoms with Crippen molar-refractivity contribution in [3.63, 3.8) is 0 Å². The summed E-state index contributed by atoms with van der Waals surface area (Å²) >= 11 is 0. The molecule has 0 fully saturated rings. The summed E-state index contributed by atoms with van der Waals surface area (Å²) in [6.07, 6.45) is 1.40. The first-order valence-corrected chi connectivity index (χ1v) is 12.6. The van der Waals surface area contributed by atoms with Gasteiger partial charge < -0.3 is 9.64 Å². The summed E-state index contributed by atoms with van der Waals surface area (Å²) in [7, 11) is 0. The molecule has 0 radical (unpaired) electrons. The molecule has 186 valence electrons. The summed E-state index contributed by atoms with van der Waals surface area (Å²) in [5, 5.41) is 0.539. The maximum absolute atomic E-state index is 13.8. The third kappa shape index (κ3) is 4.89. The van der Waals surface area contributed by atoms with Crippen LogP contribution in [0.5, 0.6) is 5.75 Å². The Bertz CT molecular complexity index is 1410. The molecule has 0 saturated carbocycles. The minimum absolute atomic E-state index is 0.0533. The Balaban J connectivity index is 1.92. The van der Waals surface area contributed by atoms with E-state index in [1.165, 1.54) is 0 Å². The van der Waals surface area contributed by atoms with Gasteiger partial charge in [-0.25, -0.2) is 4.98 Å². The van der Waals surface area contributed by atoms with Crippen LogP contribution >= 0.6 is 0 Å². The van der Waals surface area contributed by atoms with Crippen LogP contribution in [0.1, 0.15) is 61.4 Å². The van der Waals surface area contributed by atoms with E-state index in [0.29, 0.717) is 47.6 Å². The third-order valence-corrected chi connectivity index (χ3v) is 6.37. The fraction of sp³-hybridized carbons (Fsp3) is 0.300. The number of aryl methyl sites for hydroxylation is 1. The van der Waals surface area contributed by atoms with E-state index in [4.69, 9.17) is 9.72 Å². The van der Waals surface area contributed by atoms with Gasteiger partial charge >= 0.3 is 0 Å². The number of fused-ring (bicyclic) bond motifs is 1. The van der Waals surface area contributed by atoms with Crippen LogP contribution in [-0.2, 0) is 0 Å². The smallest absolute Gasteiger partial charge is 0.266 e. The van der Waals surface area contributed by atoms with Crippen LogP contribution in [0, 0.1) is 6.92 Å². The number of nitrogens with zero attached hydrogens (tertiary/aromatic N) is 3. The standard InChI is InChI=1S/C30H33N3O3/c1-5-20-32(29(34)24-13-9-8-12-21(24)4)27(6-2)28-31-26-15-11-10-14-25(26)30(35)33(28)22-16-18-23(19-17-22)36-7-3/h8-19,27H,5-7,20H2,1-4H3. The lowest BCUT2D eigenvalue weighted by Gasteiger charge is -2.32. The quantitative estimate of drug-likeness (QED) is 0.289. The Morgan fingerprint density at radius 1 is 0.972 bits per heavy atom. The fourth-order valence-electron chi connectivity index (χ4n) is 4.63. The maximum Gasteiger partial charge on any atom is 0.266 e. The summed E-state index contributed by atoms with van der Waals surface area (Å²) < 4.78 is 7.25. The molecule has 0 N–H and O–H groups in total. The topological polar surface area (TPSA) is 64.4 Å². The Morgan fingerprint density at radius 2 is 1.67 bits per heavy atom. The predicted molar refractivity (Wildman–Crippen MR) is 144 cm³/mol. The van der Waals surface area contributed by atoms with Gasteiger partial charge in [-0.15, -0.1) is 0 Å². The zero-order valence-electron chi connectivity index (χ0n) is 21.4. The second-order valence-corrected chi connectivity index (χ2v) is 8.79. The molecule has 0 aliphatic carbocycles. The highest BCUT2D eigenvalue weighted by molar-refractivity contribution is 5.96. The molecular weight excluding hydrogens is 450 g/mol. The lowest BCUT2D eigenvalue weighted by Crippen LogP contribution is -2.39. The number of hydrogen-bond donors (Lipinski definition) is 0. The largest absolute Gasteiger partial charge is 0.494 e. The normalized spacial score (nSPS) is 11.9. The number of amides is 1. The number of hydrogen-bond acceptors (Lipinski definition) is 4. The van der Waals surface area contributed by atoms with E-state index in [9.17, 15) is 9.59 Å². The number of para-hydroxylation sites is 1. The Labute approximate surface area is 212 Å². The molecule has 4 aromatic rings. The molecule has 0 spiro atoms. The molecule has 0 saturated heterocycles. The Morgan fingerprint density at radius 3 is 2.33 bits per heavy atom. The molecule has 3 aromatic carbocycles. The highest BCUT2D eigenvalue weighted by atomic mass is 16.5. The summed E-state index contributed by atoms with van der Waals surface area (Å²) in [6.45, 7) is 9.08. The van der Waals surface area contributed by atoms with E-state index in [1.807, 2.05) is 92.4 Å². The number of ether oxygens (including phenoxy) is 1. The molecule has 36 heavy (non-hydrogen) atoms. The number of carbonyl (C=O) groups excluding carboxylic acids is 1. The highest BCUT2D eigenvalue weighted by Gasteiger charge is 2.29. The molecule has 1 unspecified atom stereocenters. The summed E-state index contributed by atoms with van der Waals surface area (Å²) in [5.74, 6) is 1.24. The van der Waals surface area contributed by atoms with Crippen molar-refractivity contribution in [2.45, 2.75) is 46.6 Å². The molecule has 0 aliphatic rings. The molecule has 1 aromatic heterocycles. The van der Waals surface area contributed by atoms with Crippen molar-refractivity contribution in [2.24, 2.45) is 0 Å². The van der Waals surface area contributed by atoms with Crippen molar-refractivity contribution in [2.75, 3.05) is 13.2 Å². The van der Waals surface area contributed by atoms with E-state index in [0.717, 1.165) is 17.7 Å². The molecule has 4 rings (SSSR count). The number of rotatable bonds is 9. The van der Waals surface area contributed by atoms with Gasteiger partial charge in [0.2, 0.25) is 0 Å². The second-order valence-electron chi connectivity index (χ2n) is 8.79.